The molecule has 0 fully saturated rings. The lowest BCUT2D eigenvalue weighted by molar-refractivity contribution is 0.0976. The number of carbonyl (C=O) groups is 1. The molecule has 9 heteroatoms. The standard InChI is InChI=1S/C13H10Cl2N2O4S/c1-21-8-6-10(16-12(15)7-8)13(18)17-22(19,20)11-5-3-2-4-9(11)14/h2-7H,1H3,(H,17,18). The molecule has 1 N–H and O–H groups in total. The largest absolute Gasteiger partial charge is 0.497 e. The third kappa shape index (κ3) is 3.68. The number of benzene rings is 1. The number of halogens is 2. The van der Waals surface area contributed by atoms with Crippen LogP contribution in [0.15, 0.2) is 41.3 Å². The minimum absolute atomic E-state index is 0.000332. The zero-order valence-electron chi connectivity index (χ0n) is 11.2. The highest BCUT2D eigenvalue weighted by atomic mass is 35.5. The van der Waals surface area contributed by atoms with Crippen LogP contribution in [0.2, 0.25) is 10.2 Å². The second kappa shape index (κ2) is 6.51. The number of pyridine rings is 1. The van der Waals surface area contributed by atoms with Crippen molar-refractivity contribution in [2.75, 3.05) is 7.11 Å². The van der Waals surface area contributed by atoms with E-state index in [1.807, 2.05) is 4.72 Å². The van der Waals surface area contributed by atoms with Crippen LogP contribution in [0.1, 0.15) is 10.5 Å². The van der Waals surface area contributed by atoms with Gasteiger partial charge in [-0.1, -0.05) is 35.3 Å². The lowest BCUT2D eigenvalue weighted by Crippen LogP contribution is -2.31. The lowest BCUT2D eigenvalue weighted by atomic mass is 10.3. The fourth-order valence-electron chi connectivity index (χ4n) is 1.60. The van der Waals surface area contributed by atoms with Gasteiger partial charge in [0, 0.05) is 12.1 Å². The zero-order chi connectivity index (χ0) is 16.3. The topological polar surface area (TPSA) is 85.4 Å². The van der Waals surface area contributed by atoms with Crippen LogP contribution in [-0.2, 0) is 10.0 Å². The number of carbonyl (C=O) groups excluding carboxylic acids is 1. The number of hydrogen-bond acceptors (Lipinski definition) is 5. The summed E-state index contributed by atoms with van der Waals surface area (Å²) in [4.78, 5) is 15.6. The molecule has 0 bridgehead atoms. The molecule has 0 spiro atoms. The Labute approximate surface area is 137 Å². The summed E-state index contributed by atoms with van der Waals surface area (Å²) >= 11 is 11.6. The first kappa shape index (κ1) is 16.5. The number of sulfonamides is 1. The van der Waals surface area contributed by atoms with Gasteiger partial charge in [-0.15, -0.1) is 0 Å². The summed E-state index contributed by atoms with van der Waals surface area (Å²) in [5.74, 6) is -0.666. The summed E-state index contributed by atoms with van der Waals surface area (Å²) in [7, 11) is -2.74. The highest BCUT2D eigenvalue weighted by Crippen LogP contribution is 2.21. The number of nitrogens with one attached hydrogen (secondary N) is 1. The minimum atomic E-state index is -4.13. The van der Waals surface area contributed by atoms with E-state index < -0.39 is 15.9 Å². The Morgan fingerprint density at radius 3 is 2.55 bits per heavy atom. The quantitative estimate of drug-likeness (QED) is 0.846. The summed E-state index contributed by atoms with van der Waals surface area (Å²) in [6.07, 6.45) is 0. The number of rotatable bonds is 4. The Morgan fingerprint density at radius 1 is 1.23 bits per heavy atom. The molecule has 0 saturated heterocycles. The first-order valence-electron chi connectivity index (χ1n) is 5.87. The van der Waals surface area contributed by atoms with Crippen molar-refractivity contribution in [3.63, 3.8) is 0 Å². The molecular formula is C13H10Cl2N2O4S. The van der Waals surface area contributed by atoms with Gasteiger partial charge in [-0.05, 0) is 12.1 Å². The van der Waals surface area contributed by atoms with E-state index in [0.717, 1.165) is 0 Å². The van der Waals surface area contributed by atoms with Gasteiger partial charge in [-0.2, -0.15) is 0 Å². The van der Waals surface area contributed by atoms with Gasteiger partial charge in [-0.3, -0.25) is 4.79 Å². The Hall–Kier alpha value is -1.83. The molecule has 1 aromatic carbocycles. The van der Waals surface area contributed by atoms with Crippen LogP contribution in [0.3, 0.4) is 0 Å². The smallest absolute Gasteiger partial charge is 0.283 e. The fourth-order valence-corrected chi connectivity index (χ4v) is 3.28. The highest BCUT2D eigenvalue weighted by molar-refractivity contribution is 7.90. The predicted molar refractivity (Wildman–Crippen MR) is 81.9 cm³/mol. The summed E-state index contributed by atoms with van der Waals surface area (Å²) in [5.41, 5.74) is -0.194. The van der Waals surface area contributed by atoms with Gasteiger partial charge >= 0.3 is 0 Å². The molecule has 116 valence electrons. The van der Waals surface area contributed by atoms with Crippen LogP contribution in [0.5, 0.6) is 5.75 Å². The number of amides is 1. The third-order valence-corrected chi connectivity index (χ3v) is 4.61. The number of nitrogens with zero attached hydrogens (tertiary/aromatic N) is 1. The molecule has 0 aliphatic carbocycles. The molecule has 1 amide bonds. The van der Waals surface area contributed by atoms with Crippen LogP contribution in [0.4, 0.5) is 0 Å². The van der Waals surface area contributed by atoms with Crippen molar-refractivity contribution in [3.8, 4) is 5.75 Å². The first-order valence-corrected chi connectivity index (χ1v) is 8.10. The van der Waals surface area contributed by atoms with Gasteiger partial charge in [0.1, 0.15) is 21.5 Å². The monoisotopic (exact) mass is 360 g/mol. The molecule has 0 saturated carbocycles. The van der Waals surface area contributed by atoms with E-state index in [2.05, 4.69) is 4.98 Å². The first-order chi connectivity index (χ1) is 10.3. The van der Waals surface area contributed by atoms with Crippen molar-refractivity contribution < 1.29 is 17.9 Å². The molecule has 0 aliphatic rings. The normalized spacial score (nSPS) is 11.0. The van der Waals surface area contributed by atoms with Crippen molar-refractivity contribution in [3.05, 3.63) is 52.3 Å². The molecule has 0 atom stereocenters. The summed E-state index contributed by atoms with van der Waals surface area (Å²) < 4.78 is 31.2. The van der Waals surface area contributed by atoms with Gasteiger partial charge in [0.25, 0.3) is 15.9 Å². The average molecular weight is 361 g/mol. The number of aromatic nitrogens is 1. The maximum atomic E-state index is 12.2. The van der Waals surface area contributed by atoms with Crippen LogP contribution in [0, 0.1) is 0 Å². The van der Waals surface area contributed by atoms with Crippen LogP contribution in [-0.4, -0.2) is 26.4 Å². The van der Waals surface area contributed by atoms with Crippen molar-refractivity contribution in [2.24, 2.45) is 0 Å². The van der Waals surface area contributed by atoms with E-state index in [4.69, 9.17) is 27.9 Å². The third-order valence-electron chi connectivity index (χ3n) is 2.59. The Morgan fingerprint density at radius 2 is 1.91 bits per heavy atom. The summed E-state index contributed by atoms with van der Waals surface area (Å²) in [6.45, 7) is 0. The van der Waals surface area contributed by atoms with E-state index >= 15 is 0 Å². The molecular weight excluding hydrogens is 351 g/mol. The predicted octanol–water partition coefficient (Wildman–Crippen LogP) is 2.52. The molecule has 2 rings (SSSR count). The Kier molecular flexibility index (Phi) is 4.90. The Balaban J connectivity index is 2.32. The molecule has 0 aliphatic heterocycles. The maximum absolute atomic E-state index is 12.2. The van der Waals surface area contributed by atoms with E-state index in [0.29, 0.717) is 0 Å². The molecule has 22 heavy (non-hydrogen) atoms. The SMILES string of the molecule is COc1cc(Cl)nc(C(=O)NS(=O)(=O)c2ccccc2Cl)c1. The van der Waals surface area contributed by atoms with Gasteiger partial charge in [0.05, 0.1) is 12.1 Å². The van der Waals surface area contributed by atoms with Crippen molar-refractivity contribution in [1.82, 2.24) is 9.71 Å². The van der Waals surface area contributed by atoms with Crippen LogP contribution in [0.25, 0.3) is 0 Å². The summed E-state index contributed by atoms with van der Waals surface area (Å²) in [6, 6.07) is 8.41. The molecule has 2 aromatic rings. The fraction of sp³-hybridized carbons (Fsp3) is 0.0769. The second-order valence-corrected chi connectivity index (χ2v) is 6.53. The van der Waals surface area contributed by atoms with Crippen molar-refractivity contribution in [1.29, 1.82) is 0 Å². The molecule has 0 radical (unpaired) electrons. The van der Waals surface area contributed by atoms with Crippen molar-refractivity contribution >= 4 is 39.1 Å². The van der Waals surface area contributed by atoms with Gasteiger partial charge in [-0.25, -0.2) is 18.1 Å². The molecule has 0 unspecified atom stereocenters. The van der Waals surface area contributed by atoms with Gasteiger partial charge < -0.3 is 4.74 Å². The molecule has 1 heterocycles. The summed E-state index contributed by atoms with van der Waals surface area (Å²) in [5, 5.41) is -0.000856. The van der Waals surface area contributed by atoms with Crippen molar-refractivity contribution in [2.45, 2.75) is 4.90 Å². The van der Waals surface area contributed by atoms with Crippen LogP contribution >= 0.6 is 23.2 Å². The average Bonchev–Trinajstić information content (AvgIpc) is 2.46. The lowest BCUT2D eigenvalue weighted by Gasteiger charge is -2.09. The van der Waals surface area contributed by atoms with E-state index in [9.17, 15) is 13.2 Å². The zero-order valence-corrected chi connectivity index (χ0v) is 13.5. The minimum Gasteiger partial charge on any atom is -0.497 e. The van der Waals surface area contributed by atoms with Gasteiger partial charge in [0.2, 0.25) is 0 Å². The van der Waals surface area contributed by atoms with Gasteiger partial charge in [0.15, 0.2) is 0 Å². The number of methoxy groups -OCH3 is 1. The number of hydrogen-bond donors (Lipinski definition) is 1. The van der Waals surface area contributed by atoms with E-state index in [1.165, 1.54) is 37.4 Å². The highest BCUT2D eigenvalue weighted by Gasteiger charge is 2.22. The molecule has 1 aromatic heterocycles. The second-order valence-electron chi connectivity index (χ2n) is 4.08. The van der Waals surface area contributed by atoms with E-state index in [1.54, 1.807) is 6.07 Å². The van der Waals surface area contributed by atoms with E-state index in [-0.39, 0.29) is 26.5 Å². The Bertz CT molecular complexity index is 825. The molecule has 6 nitrogen and oxygen atoms in total. The number of ether oxygens (including phenoxy) is 1. The maximum Gasteiger partial charge on any atom is 0.283 e. The van der Waals surface area contributed by atoms with Crippen LogP contribution < -0.4 is 9.46 Å².